The Labute approximate surface area is 222 Å². The van der Waals surface area contributed by atoms with Gasteiger partial charge in [-0.3, -0.25) is 4.79 Å². The highest BCUT2D eigenvalue weighted by Gasteiger charge is 2.39. The van der Waals surface area contributed by atoms with Crippen molar-refractivity contribution in [1.29, 1.82) is 0 Å². The molecule has 0 saturated carbocycles. The molecule has 0 saturated heterocycles. The fourth-order valence-corrected chi connectivity index (χ4v) is 5.69. The Morgan fingerprint density at radius 3 is 2.42 bits per heavy atom. The van der Waals surface area contributed by atoms with Crippen LogP contribution in [0.3, 0.4) is 0 Å². The van der Waals surface area contributed by atoms with Crippen molar-refractivity contribution in [3.63, 3.8) is 0 Å². The van der Waals surface area contributed by atoms with Crippen LogP contribution in [0.25, 0.3) is 0 Å². The Morgan fingerprint density at radius 1 is 1.11 bits per heavy atom. The van der Waals surface area contributed by atoms with Gasteiger partial charge in [0.05, 0.1) is 21.3 Å². The Hall–Kier alpha value is -3.22. The average Bonchev–Trinajstić information content (AvgIpc) is 2.90. The van der Waals surface area contributed by atoms with Gasteiger partial charge in [0.25, 0.3) is 5.91 Å². The minimum Gasteiger partial charge on any atom is -0.495 e. The van der Waals surface area contributed by atoms with E-state index in [2.05, 4.69) is 4.72 Å². The molecule has 10 nitrogen and oxygen atoms in total. The molecule has 2 aromatic rings. The van der Waals surface area contributed by atoms with E-state index in [1.807, 2.05) is 18.9 Å². The number of amides is 1. The molecule has 1 N–H and O–H groups in total. The first kappa shape index (κ1) is 29.3. The van der Waals surface area contributed by atoms with Crippen LogP contribution in [-0.4, -0.2) is 84.7 Å². The molecule has 1 atom stereocenters. The maximum absolute atomic E-state index is 14.3. The van der Waals surface area contributed by atoms with E-state index in [4.69, 9.17) is 14.2 Å². The SMILES string of the molecule is CCCN(C)CCNS(=O)(=O)c1cc2c(cc1OC)CCN(C(=O)c1ccc(OC)c(F)c1)C2C(=O)OC. The third-order valence-electron chi connectivity index (χ3n) is 6.42. The Morgan fingerprint density at radius 2 is 1.82 bits per heavy atom. The second kappa shape index (κ2) is 12.5. The van der Waals surface area contributed by atoms with E-state index in [1.165, 1.54) is 44.4 Å². The highest BCUT2D eigenvalue weighted by molar-refractivity contribution is 7.89. The zero-order valence-electron chi connectivity index (χ0n) is 22.2. The fourth-order valence-electron chi connectivity index (χ4n) is 4.49. The van der Waals surface area contributed by atoms with Gasteiger partial charge < -0.3 is 24.0 Å². The van der Waals surface area contributed by atoms with Crippen LogP contribution in [0, 0.1) is 5.82 Å². The Balaban J connectivity index is 2.01. The summed E-state index contributed by atoms with van der Waals surface area (Å²) in [5.41, 5.74) is 0.957. The molecule has 0 aromatic heterocycles. The van der Waals surface area contributed by atoms with Crippen molar-refractivity contribution in [3.8, 4) is 11.5 Å². The van der Waals surface area contributed by atoms with E-state index in [1.54, 1.807) is 6.07 Å². The standard InChI is InChI=1S/C26H34FN3O7S/c1-6-11-29(2)13-10-28-38(33,34)23-16-19-17(15-22(23)36-4)9-12-30(24(19)26(32)37-5)25(31)18-7-8-21(35-3)20(27)14-18/h7-8,14-16,24,28H,6,9-13H2,1-5H3. The minimum absolute atomic E-state index is 0.0138. The molecule has 0 aliphatic carbocycles. The second-order valence-corrected chi connectivity index (χ2v) is 10.7. The van der Waals surface area contributed by atoms with Crippen LogP contribution in [0.5, 0.6) is 11.5 Å². The number of sulfonamides is 1. The second-order valence-electron chi connectivity index (χ2n) is 8.93. The van der Waals surface area contributed by atoms with Crippen molar-refractivity contribution in [2.24, 2.45) is 0 Å². The van der Waals surface area contributed by atoms with E-state index in [9.17, 15) is 22.4 Å². The van der Waals surface area contributed by atoms with E-state index >= 15 is 0 Å². The number of carbonyl (C=O) groups is 2. The Bertz CT molecular complexity index is 1290. The lowest BCUT2D eigenvalue weighted by molar-refractivity contribution is -0.146. The molecule has 1 heterocycles. The first-order valence-electron chi connectivity index (χ1n) is 12.2. The normalized spacial score (nSPS) is 15.2. The summed E-state index contributed by atoms with van der Waals surface area (Å²) in [5, 5.41) is 0. The molecule has 2 aromatic carbocycles. The maximum Gasteiger partial charge on any atom is 0.333 e. The number of rotatable bonds is 11. The first-order chi connectivity index (χ1) is 18.1. The number of ether oxygens (including phenoxy) is 3. The van der Waals surface area contributed by atoms with Crippen molar-refractivity contribution in [3.05, 3.63) is 52.8 Å². The van der Waals surface area contributed by atoms with Crippen molar-refractivity contribution < 1.29 is 36.6 Å². The summed E-state index contributed by atoms with van der Waals surface area (Å²) in [6, 6.07) is 5.44. The largest absolute Gasteiger partial charge is 0.495 e. The number of benzene rings is 2. The number of hydrogen-bond acceptors (Lipinski definition) is 8. The summed E-state index contributed by atoms with van der Waals surface area (Å²) in [6.07, 6.45) is 1.26. The molecule has 0 bridgehead atoms. The molecule has 208 valence electrons. The van der Waals surface area contributed by atoms with Crippen LogP contribution in [0.2, 0.25) is 0 Å². The molecule has 0 fully saturated rings. The lowest BCUT2D eigenvalue weighted by atomic mass is 9.91. The molecule has 1 unspecified atom stereocenters. The average molecular weight is 552 g/mol. The van der Waals surface area contributed by atoms with E-state index < -0.39 is 33.8 Å². The van der Waals surface area contributed by atoms with Crippen LogP contribution in [-0.2, 0) is 26.0 Å². The van der Waals surface area contributed by atoms with Crippen LogP contribution < -0.4 is 14.2 Å². The quantitative estimate of drug-likeness (QED) is 0.424. The van der Waals surface area contributed by atoms with Gasteiger partial charge in [0, 0.05) is 25.2 Å². The Kier molecular flexibility index (Phi) is 9.69. The van der Waals surface area contributed by atoms with Gasteiger partial charge in [0.1, 0.15) is 10.6 Å². The predicted octanol–water partition coefficient (Wildman–Crippen LogP) is 2.38. The van der Waals surface area contributed by atoms with Crippen LogP contribution in [0.1, 0.15) is 40.9 Å². The maximum atomic E-state index is 14.3. The van der Waals surface area contributed by atoms with Gasteiger partial charge in [-0.25, -0.2) is 22.3 Å². The third-order valence-corrected chi connectivity index (χ3v) is 7.90. The number of nitrogens with one attached hydrogen (secondary N) is 1. The molecule has 12 heteroatoms. The van der Waals surface area contributed by atoms with Crippen molar-refractivity contribution in [1.82, 2.24) is 14.5 Å². The molecular formula is C26H34FN3O7S. The zero-order chi connectivity index (χ0) is 28.0. The van der Waals surface area contributed by atoms with Gasteiger partial charge in [-0.15, -0.1) is 0 Å². The molecule has 1 amide bonds. The van der Waals surface area contributed by atoms with Crippen molar-refractivity contribution >= 4 is 21.9 Å². The minimum atomic E-state index is -4.03. The number of methoxy groups -OCH3 is 3. The highest BCUT2D eigenvalue weighted by atomic mass is 32.2. The van der Waals surface area contributed by atoms with Crippen molar-refractivity contribution in [2.45, 2.75) is 30.7 Å². The smallest absolute Gasteiger partial charge is 0.333 e. The monoisotopic (exact) mass is 551 g/mol. The molecule has 0 spiro atoms. The predicted molar refractivity (Wildman–Crippen MR) is 138 cm³/mol. The summed E-state index contributed by atoms with van der Waals surface area (Å²) < 4.78 is 58.7. The van der Waals surface area contributed by atoms with Crippen LogP contribution in [0.4, 0.5) is 4.39 Å². The third kappa shape index (κ3) is 6.25. The number of esters is 1. The van der Waals surface area contributed by atoms with Gasteiger partial charge in [0.2, 0.25) is 10.0 Å². The van der Waals surface area contributed by atoms with Gasteiger partial charge in [0.15, 0.2) is 17.6 Å². The molecular weight excluding hydrogens is 517 g/mol. The van der Waals surface area contributed by atoms with Gasteiger partial charge in [-0.1, -0.05) is 6.92 Å². The van der Waals surface area contributed by atoms with Crippen LogP contribution in [0.15, 0.2) is 35.2 Å². The zero-order valence-corrected chi connectivity index (χ0v) is 23.1. The molecule has 0 radical (unpaired) electrons. The molecule has 3 rings (SSSR count). The number of likely N-dealkylation sites (N-methyl/N-ethyl adjacent to an activating group) is 1. The topological polar surface area (TPSA) is 114 Å². The lowest BCUT2D eigenvalue weighted by Crippen LogP contribution is -2.44. The summed E-state index contributed by atoms with van der Waals surface area (Å²) in [7, 11) is 1.73. The number of nitrogens with zero attached hydrogens (tertiary/aromatic N) is 2. The number of fused-ring (bicyclic) bond motifs is 1. The van der Waals surface area contributed by atoms with Crippen molar-refractivity contribution in [2.75, 3.05) is 54.6 Å². The fraction of sp³-hybridized carbons (Fsp3) is 0.462. The van der Waals surface area contributed by atoms with E-state index in [-0.39, 0.29) is 35.0 Å². The van der Waals surface area contributed by atoms with Gasteiger partial charge in [-0.05, 0) is 67.9 Å². The molecule has 1 aliphatic heterocycles. The summed E-state index contributed by atoms with van der Waals surface area (Å²) in [4.78, 5) is 29.5. The first-order valence-corrected chi connectivity index (χ1v) is 13.7. The molecule has 38 heavy (non-hydrogen) atoms. The van der Waals surface area contributed by atoms with Crippen LogP contribution >= 0.6 is 0 Å². The molecule has 1 aliphatic rings. The van der Waals surface area contributed by atoms with Gasteiger partial charge in [-0.2, -0.15) is 0 Å². The van der Waals surface area contributed by atoms with E-state index in [0.29, 0.717) is 24.1 Å². The highest BCUT2D eigenvalue weighted by Crippen LogP contribution is 2.38. The summed E-state index contributed by atoms with van der Waals surface area (Å²) in [5.74, 6) is -1.98. The lowest BCUT2D eigenvalue weighted by Gasteiger charge is -2.36. The summed E-state index contributed by atoms with van der Waals surface area (Å²) in [6.45, 7) is 3.66. The summed E-state index contributed by atoms with van der Waals surface area (Å²) >= 11 is 0. The van der Waals surface area contributed by atoms with E-state index in [0.717, 1.165) is 19.0 Å². The number of carbonyl (C=O) groups excluding carboxylic acids is 2. The van der Waals surface area contributed by atoms with Gasteiger partial charge >= 0.3 is 5.97 Å². The number of hydrogen-bond donors (Lipinski definition) is 1. The number of halogens is 1.